The summed E-state index contributed by atoms with van der Waals surface area (Å²) in [6.07, 6.45) is 1.31. The molecule has 32 heavy (non-hydrogen) atoms. The zero-order chi connectivity index (χ0) is 24.2. The number of urea groups is 1. The molecule has 1 saturated carbocycles. The lowest BCUT2D eigenvalue weighted by molar-refractivity contribution is -0.143. The van der Waals surface area contributed by atoms with Crippen molar-refractivity contribution in [3.63, 3.8) is 0 Å². The molecule has 3 fully saturated rings. The second kappa shape index (κ2) is 7.19. The Bertz CT molecular complexity index is 907. The summed E-state index contributed by atoms with van der Waals surface area (Å²) in [5.74, 6) is -4.22. The average molecular weight is 567 g/mol. The van der Waals surface area contributed by atoms with Crippen LogP contribution in [0.3, 0.4) is 0 Å². The van der Waals surface area contributed by atoms with Crippen molar-refractivity contribution in [1.82, 2.24) is 21.1 Å². The number of rotatable bonds is 2. The molecule has 7 nitrogen and oxygen atoms in total. The molecule has 4 aliphatic rings. The third-order valence-corrected chi connectivity index (χ3v) is 10.9. The van der Waals surface area contributed by atoms with Crippen molar-refractivity contribution in [3.05, 3.63) is 10.1 Å². The number of nitrogens with one attached hydrogen (secondary N) is 3. The molecule has 2 heterocycles. The number of amides is 4. The molecule has 13 heteroatoms. The Kier molecular flexibility index (Phi) is 5.60. The van der Waals surface area contributed by atoms with Crippen LogP contribution < -0.4 is 16.1 Å². The van der Waals surface area contributed by atoms with Gasteiger partial charge in [-0.1, -0.05) is 46.4 Å². The monoisotopic (exact) mass is 564 g/mol. The molecule has 2 saturated heterocycles. The first-order valence-electron chi connectivity index (χ1n) is 9.97. The molecule has 178 valence electrons. The predicted octanol–water partition coefficient (Wildman–Crippen LogP) is 3.96. The van der Waals surface area contributed by atoms with Crippen LogP contribution in [0, 0.1) is 11.8 Å². The van der Waals surface area contributed by atoms with Gasteiger partial charge in [0.15, 0.2) is 4.33 Å². The fourth-order valence-electron chi connectivity index (χ4n) is 5.85. The van der Waals surface area contributed by atoms with E-state index in [1.54, 1.807) is 0 Å². The second-order valence-corrected chi connectivity index (χ2v) is 13.5. The summed E-state index contributed by atoms with van der Waals surface area (Å²) in [4.78, 5) is 35.3. The molecule has 0 aromatic carbocycles. The normalized spacial score (nSPS) is 39.5. The lowest BCUT2D eigenvalue weighted by Gasteiger charge is -2.46. The molecule has 0 radical (unpaired) electrons. The summed E-state index contributed by atoms with van der Waals surface area (Å²) in [5, 5.41) is 6.58. The van der Waals surface area contributed by atoms with Crippen LogP contribution >= 0.6 is 69.6 Å². The first kappa shape index (κ1) is 25.0. The molecular weight excluding hydrogens is 545 g/mol. The van der Waals surface area contributed by atoms with Crippen LogP contribution in [0.15, 0.2) is 10.1 Å². The van der Waals surface area contributed by atoms with E-state index in [1.165, 1.54) is 0 Å². The largest absolute Gasteiger partial charge is 0.334 e. The summed E-state index contributed by atoms with van der Waals surface area (Å²) in [6.45, 7) is 8.15. The van der Waals surface area contributed by atoms with Crippen molar-refractivity contribution < 1.29 is 14.4 Å². The van der Waals surface area contributed by atoms with Crippen LogP contribution in [0.25, 0.3) is 0 Å². The standard InChI is InChI=1S/C19H22Cl6N4O3/c1-15(2)5-7(6-16(3,4)28-15)26-14(32)27-29-12(30)8-9(13(29)31)18(23)11(21)10(20)17(8,22)19(18,24)25/h7-9,28H,5-6H2,1-4H3,(H2,26,27,32). The molecule has 4 atom stereocenters. The molecule has 4 rings (SSSR count). The highest BCUT2D eigenvalue weighted by Crippen LogP contribution is 2.77. The Morgan fingerprint density at radius 2 is 1.31 bits per heavy atom. The minimum absolute atomic E-state index is 0.186. The van der Waals surface area contributed by atoms with E-state index in [1.807, 2.05) is 27.7 Å². The van der Waals surface area contributed by atoms with Gasteiger partial charge in [-0.2, -0.15) is 5.01 Å². The maximum Gasteiger partial charge on any atom is 0.334 e. The number of fused-ring (bicyclic) bond motifs is 5. The number of allylic oxidation sites excluding steroid dienone is 2. The lowest BCUT2D eigenvalue weighted by atomic mass is 9.80. The Hall–Kier alpha value is -0.150. The van der Waals surface area contributed by atoms with Gasteiger partial charge in [-0.05, 0) is 40.5 Å². The van der Waals surface area contributed by atoms with Crippen LogP contribution in [-0.2, 0) is 9.59 Å². The molecule has 0 spiro atoms. The van der Waals surface area contributed by atoms with E-state index < -0.39 is 43.8 Å². The molecule has 2 bridgehead atoms. The van der Waals surface area contributed by atoms with Crippen LogP contribution in [-0.4, -0.2) is 54.1 Å². The highest BCUT2D eigenvalue weighted by atomic mass is 35.5. The number of carbonyl (C=O) groups is 3. The zero-order valence-corrected chi connectivity index (χ0v) is 22.1. The fourth-order valence-corrected chi connectivity index (χ4v) is 8.78. The van der Waals surface area contributed by atoms with Gasteiger partial charge in [0.25, 0.3) is 11.8 Å². The maximum atomic E-state index is 13.2. The smallest absolute Gasteiger partial charge is 0.334 e. The SMILES string of the molecule is CC1(C)CC(NC(=O)NN2C(=O)C3C(C2=O)C2(Cl)C(Cl)=C(Cl)C3(Cl)C2(Cl)Cl)CC(C)(C)N1. The summed E-state index contributed by atoms with van der Waals surface area (Å²) in [6, 6.07) is -0.898. The maximum absolute atomic E-state index is 13.2. The number of hydrogen-bond acceptors (Lipinski definition) is 4. The number of hydrazine groups is 1. The van der Waals surface area contributed by atoms with Gasteiger partial charge in [-0.3, -0.25) is 9.59 Å². The third-order valence-electron chi connectivity index (χ3n) is 6.65. The quantitative estimate of drug-likeness (QED) is 0.349. The van der Waals surface area contributed by atoms with Crippen LogP contribution in [0.4, 0.5) is 4.79 Å². The zero-order valence-electron chi connectivity index (χ0n) is 17.6. The first-order chi connectivity index (χ1) is 14.4. The van der Waals surface area contributed by atoms with E-state index in [4.69, 9.17) is 69.6 Å². The minimum Gasteiger partial charge on any atom is -0.334 e. The van der Waals surface area contributed by atoms with E-state index in [0.29, 0.717) is 17.9 Å². The fraction of sp³-hybridized carbons (Fsp3) is 0.737. The average Bonchev–Trinajstić information content (AvgIpc) is 2.98. The van der Waals surface area contributed by atoms with Crippen molar-refractivity contribution in [3.8, 4) is 0 Å². The van der Waals surface area contributed by atoms with E-state index in [2.05, 4.69) is 16.1 Å². The summed E-state index contributed by atoms with van der Waals surface area (Å²) >= 11 is 38.7. The predicted molar refractivity (Wildman–Crippen MR) is 125 cm³/mol. The van der Waals surface area contributed by atoms with E-state index >= 15 is 0 Å². The van der Waals surface area contributed by atoms with Gasteiger partial charge >= 0.3 is 6.03 Å². The number of nitrogens with zero attached hydrogens (tertiary/aromatic N) is 1. The number of alkyl halides is 4. The van der Waals surface area contributed by atoms with Gasteiger partial charge in [0.05, 0.1) is 21.9 Å². The molecule has 4 amide bonds. The van der Waals surface area contributed by atoms with Gasteiger partial charge in [-0.15, -0.1) is 23.2 Å². The summed E-state index contributed by atoms with van der Waals surface area (Å²) in [7, 11) is 0. The van der Waals surface area contributed by atoms with Gasteiger partial charge in [0.1, 0.15) is 9.75 Å². The van der Waals surface area contributed by atoms with Gasteiger partial charge in [0.2, 0.25) is 0 Å². The van der Waals surface area contributed by atoms with Crippen molar-refractivity contribution >= 4 is 87.5 Å². The Labute approximate surface area is 215 Å². The van der Waals surface area contributed by atoms with E-state index in [0.717, 1.165) is 0 Å². The van der Waals surface area contributed by atoms with Crippen molar-refractivity contribution in [2.75, 3.05) is 0 Å². The van der Waals surface area contributed by atoms with Gasteiger partial charge < -0.3 is 10.6 Å². The van der Waals surface area contributed by atoms with Crippen LogP contribution in [0.5, 0.6) is 0 Å². The summed E-state index contributed by atoms with van der Waals surface area (Å²) < 4.78 is -2.02. The molecule has 2 aliphatic heterocycles. The molecule has 0 aromatic heterocycles. The second-order valence-electron chi connectivity index (χ2n) is 10.2. The number of piperidine rings is 1. The number of carbonyl (C=O) groups excluding carboxylic acids is 3. The van der Waals surface area contributed by atoms with Crippen molar-refractivity contribution in [2.45, 2.75) is 71.7 Å². The van der Waals surface area contributed by atoms with Crippen LogP contribution in [0.1, 0.15) is 40.5 Å². The highest BCUT2D eigenvalue weighted by molar-refractivity contribution is 6.66. The lowest BCUT2D eigenvalue weighted by Crippen LogP contribution is -2.63. The Morgan fingerprint density at radius 3 is 1.72 bits per heavy atom. The minimum atomic E-state index is -2.02. The first-order valence-corrected chi connectivity index (χ1v) is 12.2. The number of halogens is 6. The van der Waals surface area contributed by atoms with E-state index in [-0.39, 0.29) is 27.2 Å². The molecule has 0 aromatic rings. The highest BCUT2D eigenvalue weighted by Gasteiger charge is 2.87. The van der Waals surface area contributed by atoms with Crippen molar-refractivity contribution in [1.29, 1.82) is 0 Å². The molecule has 3 N–H and O–H groups in total. The third kappa shape index (κ3) is 3.08. The molecule has 2 aliphatic carbocycles. The van der Waals surface area contributed by atoms with Crippen LogP contribution in [0.2, 0.25) is 0 Å². The van der Waals surface area contributed by atoms with E-state index in [9.17, 15) is 14.4 Å². The molecule has 4 unspecified atom stereocenters. The summed E-state index contributed by atoms with van der Waals surface area (Å²) in [5.41, 5.74) is 1.90. The van der Waals surface area contributed by atoms with Gasteiger partial charge in [0, 0.05) is 17.1 Å². The molecular formula is C19H22Cl6N4O3. The van der Waals surface area contributed by atoms with Gasteiger partial charge in [-0.25, -0.2) is 10.2 Å². The van der Waals surface area contributed by atoms with Crippen molar-refractivity contribution in [2.24, 2.45) is 11.8 Å². The number of imide groups is 1. The number of hydrogen-bond donors (Lipinski definition) is 3. The topological polar surface area (TPSA) is 90.5 Å². The Balaban J connectivity index is 1.55. The Morgan fingerprint density at radius 1 is 0.906 bits per heavy atom.